The van der Waals surface area contributed by atoms with Gasteiger partial charge in [-0.15, -0.1) is 0 Å². The summed E-state index contributed by atoms with van der Waals surface area (Å²) in [5.41, 5.74) is 0.839. The van der Waals surface area contributed by atoms with E-state index in [1.165, 1.54) is 0 Å². The standard InChI is InChI=1S/C15H18O4/c16-14(17)9-15(6-7-15)12-3-1-2-4-13(12)19-11-5-8-18-10-11/h1-4,11H,5-10H2,(H,16,17). The lowest BCUT2D eigenvalue weighted by atomic mass is 9.91. The zero-order chi connectivity index (χ0) is 13.3. The Morgan fingerprint density at radius 3 is 2.84 bits per heavy atom. The van der Waals surface area contributed by atoms with E-state index in [0.29, 0.717) is 6.61 Å². The molecule has 1 saturated carbocycles. The number of aliphatic carboxylic acids is 1. The van der Waals surface area contributed by atoms with Crippen LogP contribution in [-0.4, -0.2) is 30.4 Å². The molecule has 2 aliphatic rings. The number of ether oxygens (including phenoxy) is 2. The second-order valence-electron chi connectivity index (χ2n) is 5.45. The second-order valence-corrected chi connectivity index (χ2v) is 5.45. The lowest BCUT2D eigenvalue weighted by Gasteiger charge is -2.20. The normalized spacial score (nSPS) is 24.1. The first-order chi connectivity index (χ1) is 9.20. The molecule has 0 amide bonds. The molecule has 1 aromatic carbocycles. The summed E-state index contributed by atoms with van der Waals surface area (Å²) >= 11 is 0. The van der Waals surface area contributed by atoms with Crippen molar-refractivity contribution in [2.24, 2.45) is 0 Å². The van der Waals surface area contributed by atoms with Crippen molar-refractivity contribution in [1.82, 2.24) is 0 Å². The molecule has 102 valence electrons. The van der Waals surface area contributed by atoms with Crippen molar-refractivity contribution in [3.8, 4) is 5.75 Å². The predicted molar refractivity (Wildman–Crippen MR) is 69.5 cm³/mol. The largest absolute Gasteiger partial charge is 0.488 e. The van der Waals surface area contributed by atoms with E-state index >= 15 is 0 Å². The monoisotopic (exact) mass is 262 g/mol. The van der Waals surface area contributed by atoms with Gasteiger partial charge in [-0.3, -0.25) is 4.79 Å². The lowest BCUT2D eigenvalue weighted by molar-refractivity contribution is -0.137. The van der Waals surface area contributed by atoms with Gasteiger partial charge >= 0.3 is 5.97 Å². The van der Waals surface area contributed by atoms with E-state index in [1.54, 1.807) is 0 Å². The number of benzene rings is 1. The van der Waals surface area contributed by atoms with Crippen LogP contribution in [0.3, 0.4) is 0 Å². The fraction of sp³-hybridized carbons (Fsp3) is 0.533. The molecule has 4 heteroatoms. The highest BCUT2D eigenvalue weighted by Crippen LogP contribution is 2.53. The van der Waals surface area contributed by atoms with Crippen molar-refractivity contribution in [2.75, 3.05) is 13.2 Å². The summed E-state index contributed by atoms with van der Waals surface area (Å²) in [5.74, 6) is 0.0910. The third-order valence-corrected chi connectivity index (χ3v) is 3.98. The van der Waals surface area contributed by atoms with Crippen LogP contribution in [0.15, 0.2) is 24.3 Å². The van der Waals surface area contributed by atoms with Gasteiger partial charge in [-0.2, -0.15) is 0 Å². The second kappa shape index (κ2) is 4.85. The highest BCUT2D eigenvalue weighted by Gasteiger charge is 2.47. The van der Waals surface area contributed by atoms with E-state index in [0.717, 1.165) is 37.2 Å². The molecule has 1 unspecified atom stereocenters. The Bertz CT molecular complexity index is 473. The molecule has 3 rings (SSSR count). The van der Waals surface area contributed by atoms with Gasteiger partial charge < -0.3 is 14.6 Å². The smallest absolute Gasteiger partial charge is 0.304 e. The molecule has 0 spiro atoms. The summed E-state index contributed by atoms with van der Waals surface area (Å²) in [5, 5.41) is 9.06. The van der Waals surface area contributed by atoms with E-state index in [2.05, 4.69) is 0 Å². The van der Waals surface area contributed by atoms with Crippen LogP contribution >= 0.6 is 0 Å². The van der Waals surface area contributed by atoms with Gasteiger partial charge in [0.05, 0.1) is 19.6 Å². The zero-order valence-electron chi connectivity index (χ0n) is 10.8. The van der Waals surface area contributed by atoms with Crippen LogP contribution in [-0.2, 0) is 14.9 Å². The van der Waals surface area contributed by atoms with Gasteiger partial charge in [-0.05, 0) is 18.9 Å². The Kier molecular flexibility index (Phi) is 3.19. The fourth-order valence-electron chi connectivity index (χ4n) is 2.77. The predicted octanol–water partition coefficient (Wildman–Crippen LogP) is 2.36. The Balaban J connectivity index is 1.82. The average Bonchev–Trinajstić information content (AvgIpc) is 2.96. The van der Waals surface area contributed by atoms with Crippen molar-refractivity contribution < 1.29 is 19.4 Å². The van der Waals surface area contributed by atoms with E-state index in [1.807, 2.05) is 24.3 Å². The fourth-order valence-corrected chi connectivity index (χ4v) is 2.77. The summed E-state index contributed by atoms with van der Waals surface area (Å²) in [6.45, 7) is 1.37. The van der Waals surface area contributed by atoms with Crippen LogP contribution in [0.1, 0.15) is 31.2 Å². The van der Waals surface area contributed by atoms with Crippen LogP contribution in [0, 0.1) is 0 Å². The molecular formula is C15H18O4. The van der Waals surface area contributed by atoms with Crippen molar-refractivity contribution in [3.05, 3.63) is 29.8 Å². The summed E-state index contributed by atoms with van der Waals surface area (Å²) in [6.07, 6.45) is 3.05. The number of rotatable bonds is 5. The number of para-hydroxylation sites is 1. The van der Waals surface area contributed by atoms with Gasteiger partial charge in [0.2, 0.25) is 0 Å². The van der Waals surface area contributed by atoms with E-state index in [4.69, 9.17) is 14.6 Å². The van der Waals surface area contributed by atoms with Gasteiger partial charge in [0, 0.05) is 17.4 Å². The molecule has 4 nitrogen and oxygen atoms in total. The highest BCUT2D eigenvalue weighted by molar-refractivity contribution is 5.70. The van der Waals surface area contributed by atoms with E-state index in [-0.39, 0.29) is 17.9 Å². The first-order valence-electron chi connectivity index (χ1n) is 6.75. The van der Waals surface area contributed by atoms with Gasteiger partial charge in [0.25, 0.3) is 0 Å². The molecule has 2 fully saturated rings. The maximum atomic E-state index is 11.0. The molecule has 1 N–H and O–H groups in total. The van der Waals surface area contributed by atoms with Crippen LogP contribution < -0.4 is 4.74 Å². The number of carbonyl (C=O) groups is 1. The SMILES string of the molecule is O=C(O)CC1(c2ccccc2OC2CCOC2)CC1. The number of carboxylic acids is 1. The van der Waals surface area contributed by atoms with Crippen molar-refractivity contribution in [3.63, 3.8) is 0 Å². The first-order valence-corrected chi connectivity index (χ1v) is 6.75. The summed E-state index contributed by atoms with van der Waals surface area (Å²) in [4.78, 5) is 11.0. The molecule has 19 heavy (non-hydrogen) atoms. The Hall–Kier alpha value is -1.55. The van der Waals surface area contributed by atoms with E-state index in [9.17, 15) is 4.79 Å². The minimum Gasteiger partial charge on any atom is -0.488 e. The van der Waals surface area contributed by atoms with Crippen molar-refractivity contribution >= 4 is 5.97 Å². The number of carboxylic acid groups (broad SMARTS) is 1. The third kappa shape index (κ3) is 2.59. The minimum absolute atomic E-state index is 0.0989. The zero-order valence-corrected chi connectivity index (χ0v) is 10.8. The average molecular weight is 262 g/mol. The minimum atomic E-state index is -0.739. The number of hydrogen-bond acceptors (Lipinski definition) is 3. The molecule has 1 atom stereocenters. The van der Waals surface area contributed by atoms with Crippen LogP contribution in [0.5, 0.6) is 5.75 Å². The maximum absolute atomic E-state index is 11.0. The Morgan fingerprint density at radius 2 is 2.21 bits per heavy atom. The van der Waals surface area contributed by atoms with E-state index < -0.39 is 5.97 Å². The first kappa shape index (κ1) is 12.5. The molecule has 1 aliphatic carbocycles. The van der Waals surface area contributed by atoms with Crippen LogP contribution in [0.4, 0.5) is 0 Å². The van der Waals surface area contributed by atoms with Crippen LogP contribution in [0.2, 0.25) is 0 Å². The Morgan fingerprint density at radius 1 is 1.42 bits per heavy atom. The van der Waals surface area contributed by atoms with Crippen molar-refractivity contribution in [2.45, 2.75) is 37.2 Å². The topological polar surface area (TPSA) is 55.8 Å². The van der Waals surface area contributed by atoms with Crippen molar-refractivity contribution in [1.29, 1.82) is 0 Å². The molecular weight excluding hydrogens is 244 g/mol. The summed E-state index contributed by atoms with van der Waals surface area (Å²) < 4.78 is 11.3. The van der Waals surface area contributed by atoms with Gasteiger partial charge in [0.15, 0.2) is 0 Å². The molecule has 0 radical (unpaired) electrons. The molecule has 1 saturated heterocycles. The molecule has 0 bridgehead atoms. The summed E-state index contributed by atoms with van der Waals surface area (Å²) in [7, 11) is 0. The molecule has 1 aromatic rings. The molecule has 1 heterocycles. The highest BCUT2D eigenvalue weighted by atomic mass is 16.5. The Labute approximate surface area is 112 Å². The van der Waals surface area contributed by atoms with Gasteiger partial charge in [0.1, 0.15) is 11.9 Å². The van der Waals surface area contributed by atoms with Gasteiger partial charge in [-0.25, -0.2) is 0 Å². The summed E-state index contributed by atoms with van der Waals surface area (Å²) in [6, 6.07) is 7.83. The molecule has 0 aromatic heterocycles. The maximum Gasteiger partial charge on any atom is 0.304 e. The quantitative estimate of drug-likeness (QED) is 0.885. The lowest BCUT2D eigenvalue weighted by Crippen LogP contribution is -2.20. The van der Waals surface area contributed by atoms with Crippen LogP contribution in [0.25, 0.3) is 0 Å². The van der Waals surface area contributed by atoms with Gasteiger partial charge in [-0.1, -0.05) is 18.2 Å². The molecule has 1 aliphatic heterocycles. The number of hydrogen-bond donors (Lipinski definition) is 1. The third-order valence-electron chi connectivity index (χ3n) is 3.98.